The SMILES string of the molecule is Cc1nc(S(N)(=O)=O)cn1C1CCCC1. The zero-order valence-corrected chi connectivity index (χ0v) is 9.50. The fourth-order valence-corrected chi connectivity index (χ4v) is 2.67. The summed E-state index contributed by atoms with van der Waals surface area (Å²) in [4.78, 5) is 3.98. The third-order valence-electron chi connectivity index (χ3n) is 2.90. The van der Waals surface area contributed by atoms with Gasteiger partial charge in [-0.2, -0.15) is 0 Å². The van der Waals surface area contributed by atoms with E-state index in [4.69, 9.17) is 5.14 Å². The van der Waals surface area contributed by atoms with E-state index in [2.05, 4.69) is 4.98 Å². The minimum atomic E-state index is -3.67. The van der Waals surface area contributed by atoms with Crippen molar-refractivity contribution in [2.75, 3.05) is 0 Å². The van der Waals surface area contributed by atoms with Gasteiger partial charge in [0.05, 0.1) is 0 Å². The largest absolute Gasteiger partial charge is 0.331 e. The summed E-state index contributed by atoms with van der Waals surface area (Å²) in [7, 11) is -3.67. The molecule has 1 saturated carbocycles. The van der Waals surface area contributed by atoms with Crippen LogP contribution in [-0.4, -0.2) is 18.0 Å². The van der Waals surface area contributed by atoms with Crippen LogP contribution in [0.2, 0.25) is 0 Å². The van der Waals surface area contributed by atoms with Gasteiger partial charge in [0.1, 0.15) is 5.82 Å². The van der Waals surface area contributed by atoms with Crippen molar-refractivity contribution in [1.82, 2.24) is 9.55 Å². The molecule has 5 nitrogen and oxygen atoms in total. The van der Waals surface area contributed by atoms with Gasteiger partial charge in [-0.05, 0) is 19.8 Å². The third kappa shape index (κ3) is 2.05. The number of imidazole rings is 1. The van der Waals surface area contributed by atoms with Gasteiger partial charge in [0, 0.05) is 12.2 Å². The quantitative estimate of drug-likeness (QED) is 0.820. The van der Waals surface area contributed by atoms with Crippen molar-refractivity contribution in [3.05, 3.63) is 12.0 Å². The Bertz CT molecular complexity index is 458. The Morgan fingerprint density at radius 2 is 2.07 bits per heavy atom. The molecule has 84 valence electrons. The van der Waals surface area contributed by atoms with Crippen LogP contribution in [0.4, 0.5) is 0 Å². The van der Waals surface area contributed by atoms with Crippen molar-refractivity contribution in [2.24, 2.45) is 5.14 Å². The number of hydrogen-bond donors (Lipinski definition) is 1. The lowest BCUT2D eigenvalue weighted by Crippen LogP contribution is -2.12. The Morgan fingerprint density at radius 1 is 1.47 bits per heavy atom. The molecule has 2 rings (SSSR count). The van der Waals surface area contributed by atoms with Gasteiger partial charge in [-0.25, -0.2) is 18.5 Å². The van der Waals surface area contributed by atoms with Crippen LogP contribution >= 0.6 is 0 Å². The smallest absolute Gasteiger partial charge is 0.257 e. The number of aryl methyl sites for hydroxylation is 1. The van der Waals surface area contributed by atoms with Crippen molar-refractivity contribution in [2.45, 2.75) is 43.7 Å². The second-order valence-corrected chi connectivity index (χ2v) is 5.53. The van der Waals surface area contributed by atoms with Gasteiger partial charge >= 0.3 is 0 Å². The molecule has 1 fully saturated rings. The lowest BCUT2D eigenvalue weighted by molar-refractivity contribution is 0.505. The molecule has 0 atom stereocenters. The summed E-state index contributed by atoms with van der Waals surface area (Å²) in [6, 6.07) is 0.396. The average molecular weight is 229 g/mol. The molecule has 6 heteroatoms. The lowest BCUT2D eigenvalue weighted by Gasteiger charge is -2.12. The molecule has 0 aliphatic heterocycles. The number of nitrogens with two attached hydrogens (primary N) is 1. The molecule has 0 spiro atoms. The van der Waals surface area contributed by atoms with Gasteiger partial charge in [0.15, 0.2) is 5.03 Å². The molecule has 0 bridgehead atoms. The first kappa shape index (κ1) is 10.6. The third-order valence-corrected chi connectivity index (χ3v) is 3.68. The maximum absolute atomic E-state index is 11.1. The van der Waals surface area contributed by atoms with Crippen LogP contribution in [0.1, 0.15) is 37.5 Å². The molecule has 0 unspecified atom stereocenters. The second-order valence-electron chi connectivity index (χ2n) is 4.02. The molecular formula is C9H15N3O2S. The Hall–Kier alpha value is -0.880. The zero-order valence-electron chi connectivity index (χ0n) is 8.68. The standard InChI is InChI=1S/C9H15N3O2S/c1-7-11-9(15(10,13)14)6-12(7)8-4-2-3-5-8/h6,8H,2-5H2,1H3,(H2,10,13,14). The monoisotopic (exact) mass is 229 g/mol. The van der Waals surface area contributed by atoms with E-state index in [1.807, 2.05) is 11.5 Å². The van der Waals surface area contributed by atoms with Crippen LogP contribution in [0, 0.1) is 6.92 Å². The molecule has 1 aromatic heterocycles. The number of sulfonamides is 1. The molecule has 0 saturated heterocycles. The van der Waals surface area contributed by atoms with Gasteiger partial charge in [-0.15, -0.1) is 0 Å². The normalized spacial score (nSPS) is 18.5. The molecule has 1 aliphatic rings. The molecular weight excluding hydrogens is 214 g/mol. The van der Waals surface area contributed by atoms with E-state index >= 15 is 0 Å². The maximum atomic E-state index is 11.1. The summed E-state index contributed by atoms with van der Waals surface area (Å²) in [5.41, 5.74) is 0. The number of primary sulfonamides is 1. The molecule has 1 aromatic rings. The van der Waals surface area contributed by atoms with Crippen LogP contribution < -0.4 is 5.14 Å². The highest BCUT2D eigenvalue weighted by atomic mass is 32.2. The maximum Gasteiger partial charge on any atom is 0.257 e. The Labute approximate surface area is 89.4 Å². The highest BCUT2D eigenvalue weighted by Crippen LogP contribution is 2.30. The first-order chi connectivity index (χ1) is 6.98. The molecule has 0 aromatic carbocycles. The van der Waals surface area contributed by atoms with E-state index in [1.165, 1.54) is 12.8 Å². The first-order valence-electron chi connectivity index (χ1n) is 5.07. The molecule has 0 amide bonds. The molecule has 0 radical (unpaired) electrons. The van der Waals surface area contributed by atoms with E-state index < -0.39 is 10.0 Å². The summed E-state index contributed by atoms with van der Waals surface area (Å²) in [6.45, 7) is 1.81. The van der Waals surface area contributed by atoms with Crippen molar-refractivity contribution in [3.63, 3.8) is 0 Å². The second kappa shape index (κ2) is 3.61. The van der Waals surface area contributed by atoms with Gasteiger partial charge in [-0.3, -0.25) is 0 Å². The highest BCUT2D eigenvalue weighted by Gasteiger charge is 2.21. The summed E-state index contributed by atoms with van der Waals surface area (Å²) in [6.07, 6.45) is 6.16. The molecule has 2 N–H and O–H groups in total. The van der Waals surface area contributed by atoms with E-state index in [-0.39, 0.29) is 5.03 Å². The first-order valence-corrected chi connectivity index (χ1v) is 6.61. The van der Waals surface area contributed by atoms with Crippen LogP contribution in [-0.2, 0) is 10.0 Å². The zero-order chi connectivity index (χ0) is 11.1. The fourth-order valence-electron chi connectivity index (χ4n) is 2.15. The van der Waals surface area contributed by atoms with Crippen LogP contribution in [0.5, 0.6) is 0 Å². The summed E-state index contributed by atoms with van der Waals surface area (Å²) in [5, 5.41) is 5.01. The predicted molar refractivity (Wildman–Crippen MR) is 55.8 cm³/mol. The van der Waals surface area contributed by atoms with Crippen LogP contribution in [0.3, 0.4) is 0 Å². The predicted octanol–water partition coefficient (Wildman–Crippen LogP) is 0.954. The molecule has 1 heterocycles. The Kier molecular flexibility index (Phi) is 2.56. The van der Waals surface area contributed by atoms with Gasteiger partial charge < -0.3 is 4.57 Å². The summed E-state index contributed by atoms with van der Waals surface area (Å²) < 4.78 is 24.2. The van der Waals surface area contributed by atoms with Gasteiger partial charge in [-0.1, -0.05) is 12.8 Å². The van der Waals surface area contributed by atoms with E-state index in [0.29, 0.717) is 6.04 Å². The number of nitrogens with zero attached hydrogens (tertiary/aromatic N) is 2. The number of hydrogen-bond acceptors (Lipinski definition) is 3. The summed E-state index contributed by atoms with van der Waals surface area (Å²) >= 11 is 0. The van der Waals surface area contributed by atoms with Crippen LogP contribution in [0.25, 0.3) is 0 Å². The van der Waals surface area contributed by atoms with Crippen LogP contribution in [0.15, 0.2) is 11.2 Å². The average Bonchev–Trinajstić information content (AvgIpc) is 2.69. The molecule has 15 heavy (non-hydrogen) atoms. The van der Waals surface area contributed by atoms with E-state index in [9.17, 15) is 8.42 Å². The number of aromatic nitrogens is 2. The summed E-state index contributed by atoms with van der Waals surface area (Å²) in [5.74, 6) is 0.728. The van der Waals surface area contributed by atoms with Gasteiger partial charge in [0.2, 0.25) is 0 Å². The van der Waals surface area contributed by atoms with E-state index in [1.54, 1.807) is 6.20 Å². The highest BCUT2D eigenvalue weighted by molar-refractivity contribution is 7.89. The fraction of sp³-hybridized carbons (Fsp3) is 0.667. The Morgan fingerprint density at radius 3 is 2.53 bits per heavy atom. The van der Waals surface area contributed by atoms with Gasteiger partial charge in [0.25, 0.3) is 10.0 Å². The van der Waals surface area contributed by atoms with Crippen molar-refractivity contribution in [3.8, 4) is 0 Å². The minimum absolute atomic E-state index is 0.0214. The van der Waals surface area contributed by atoms with Crippen molar-refractivity contribution in [1.29, 1.82) is 0 Å². The molecule has 1 aliphatic carbocycles. The van der Waals surface area contributed by atoms with Crippen molar-refractivity contribution >= 4 is 10.0 Å². The topological polar surface area (TPSA) is 78.0 Å². The minimum Gasteiger partial charge on any atom is -0.331 e. The van der Waals surface area contributed by atoms with Crippen molar-refractivity contribution < 1.29 is 8.42 Å². The lowest BCUT2D eigenvalue weighted by atomic mass is 10.2. The van der Waals surface area contributed by atoms with E-state index in [0.717, 1.165) is 18.7 Å². The number of rotatable bonds is 2. The Balaban J connectivity index is 2.37.